The second-order valence-corrected chi connectivity index (χ2v) is 7.51. The molecule has 9 heteroatoms. The maximum Gasteiger partial charge on any atom is 0.336 e. The zero-order chi connectivity index (χ0) is 22.7. The van der Waals surface area contributed by atoms with Crippen LogP contribution in [0.2, 0.25) is 10.0 Å². The van der Waals surface area contributed by atoms with Crippen molar-refractivity contribution in [2.45, 2.75) is 6.92 Å². The smallest absolute Gasteiger partial charge is 0.336 e. The lowest BCUT2D eigenvalue weighted by molar-refractivity contribution is 0.102. The number of hydrogen-bond donors (Lipinski definition) is 1. The van der Waals surface area contributed by atoms with Gasteiger partial charge in [0.15, 0.2) is 5.82 Å². The van der Waals surface area contributed by atoms with Gasteiger partial charge in [0.05, 0.1) is 22.3 Å². The molecule has 0 spiro atoms. The third-order valence-electron chi connectivity index (χ3n) is 4.52. The molecule has 4 aromatic rings. The second kappa shape index (κ2) is 9.38. The molecule has 1 aromatic heterocycles. The summed E-state index contributed by atoms with van der Waals surface area (Å²) in [4.78, 5) is 16.8. The fraction of sp³-hybridized carbons (Fsp3) is 0.0870. The average molecular weight is 471 g/mol. The Bertz CT molecular complexity index is 1260. The van der Waals surface area contributed by atoms with Crippen LogP contribution in [-0.4, -0.2) is 27.3 Å². The minimum Gasteiger partial charge on any atom is -0.463 e. The molecule has 162 valence electrons. The molecule has 0 unspecified atom stereocenters. The molecule has 0 radical (unpaired) electrons. The number of benzene rings is 3. The third kappa shape index (κ3) is 4.74. The van der Waals surface area contributed by atoms with Gasteiger partial charge in [-0.3, -0.25) is 4.79 Å². The Morgan fingerprint density at radius 3 is 2.41 bits per heavy atom. The van der Waals surface area contributed by atoms with E-state index in [0.717, 1.165) is 0 Å². The highest BCUT2D eigenvalue weighted by Gasteiger charge is 2.16. The molecule has 0 fully saturated rings. The van der Waals surface area contributed by atoms with E-state index in [1.165, 1.54) is 24.3 Å². The fourth-order valence-corrected chi connectivity index (χ4v) is 3.27. The van der Waals surface area contributed by atoms with Gasteiger partial charge in [0, 0.05) is 16.8 Å². The Balaban J connectivity index is 1.62. The second-order valence-electron chi connectivity index (χ2n) is 6.70. The molecule has 0 atom stereocenters. The molecule has 3 aromatic carbocycles. The Hall–Kier alpha value is -3.42. The predicted molar refractivity (Wildman–Crippen MR) is 122 cm³/mol. The average Bonchev–Trinajstić information content (AvgIpc) is 3.21. The number of carbonyl (C=O) groups is 1. The van der Waals surface area contributed by atoms with Crippen molar-refractivity contribution in [2.75, 3.05) is 11.9 Å². The zero-order valence-electron chi connectivity index (χ0n) is 16.8. The normalized spacial score (nSPS) is 10.8. The van der Waals surface area contributed by atoms with E-state index < -0.39 is 5.82 Å². The van der Waals surface area contributed by atoms with Crippen molar-refractivity contribution in [3.63, 3.8) is 0 Å². The topological polar surface area (TPSA) is 69.0 Å². The Morgan fingerprint density at radius 1 is 1.03 bits per heavy atom. The van der Waals surface area contributed by atoms with Gasteiger partial charge in [-0.05, 0) is 73.7 Å². The number of carbonyl (C=O) groups excluding carboxylic acids is 1. The lowest BCUT2D eigenvalue weighted by Gasteiger charge is -2.09. The van der Waals surface area contributed by atoms with E-state index in [9.17, 15) is 9.18 Å². The minimum absolute atomic E-state index is 0.224. The van der Waals surface area contributed by atoms with E-state index in [1.54, 1.807) is 47.1 Å². The van der Waals surface area contributed by atoms with Crippen molar-refractivity contribution in [2.24, 2.45) is 0 Å². The number of aromatic nitrogens is 3. The molecule has 0 saturated heterocycles. The van der Waals surface area contributed by atoms with Crippen molar-refractivity contribution < 1.29 is 13.9 Å². The van der Waals surface area contributed by atoms with Gasteiger partial charge >= 0.3 is 6.01 Å². The number of anilines is 1. The van der Waals surface area contributed by atoms with E-state index >= 15 is 0 Å². The summed E-state index contributed by atoms with van der Waals surface area (Å²) in [7, 11) is 0. The molecule has 0 aliphatic heterocycles. The van der Waals surface area contributed by atoms with Crippen LogP contribution >= 0.6 is 23.2 Å². The number of ether oxygens (including phenoxy) is 1. The summed E-state index contributed by atoms with van der Waals surface area (Å²) in [5.74, 6) is -0.216. The molecule has 1 heterocycles. The van der Waals surface area contributed by atoms with Crippen molar-refractivity contribution in [3.8, 4) is 23.1 Å². The number of hydrogen-bond acceptors (Lipinski definition) is 4. The predicted octanol–water partition coefficient (Wildman–Crippen LogP) is 6.03. The first-order valence-electron chi connectivity index (χ1n) is 9.67. The van der Waals surface area contributed by atoms with Crippen LogP contribution in [0.15, 0.2) is 66.7 Å². The maximum atomic E-state index is 13.1. The van der Waals surface area contributed by atoms with Gasteiger partial charge in [0.1, 0.15) is 5.82 Å². The SMILES string of the molecule is CCOc1nc(-c2ccc(Cl)c(Cl)c2)n(-c2ccc(NC(=O)c3ccc(F)cc3)cc2)n1. The molecule has 1 amide bonds. The van der Waals surface area contributed by atoms with E-state index in [0.29, 0.717) is 45.0 Å². The van der Waals surface area contributed by atoms with Crippen LogP contribution in [0.5, 0.6) is 6.01 Å². The van der Waals surface area contributed by atoms with Crippen molar-refractivity contribution in [1.82, 2.24) is 14.8 Å². The van der Waals surface area contributed by atoms with Crippen LogP contribution in [0.1, 0.15) is 17.3 Å². The standard InChI is InChI=1S/C23H17Cl2FN4O2/c1-2-32-23-28-21(15-5-12-19(24)20(25)13-15)30(29-23)18-10-8-17(9-11-18)27-22(31)14-3-6-16(26)7-4-14/h3-13H,2H2,1H3,(H,27,31). The molecule has 0 bridgehead atoms. The van der Waals surface area contributed by atoms with Gasteiger partial charge < -0.3 is 10.1 Å². The number of rotatable bonds is 6. The third-order valence-corrected chi connectivity index (χ3v) is 5.25. The van der Waals surface area contributed by atoms with Crippen molar-refractivity contribution in [3.05, 3.63) is 88.2 Å². The highest BCUT2D eigenvalue weighted by atomic mass is 35.5. The first-order valence-corrected chi connectivity index (χ1v) is 10.4. The molecular formula is C23H17Cl2FN4O2. The van der Waals surface area contributed by atoms with Gasteiger partial charge in [0.25, 0.3) is 5.91 Å². The van der Waals surface area contributed by atoms with E-state index in [4.69, 9.17) is 27.9 Å². The Morgan fingerprint density at radius 2 is 1.75 bits per heavy atom. The van der Waals surface area contributed by atoms with Gasteiger partial charge in [-0.2, -0.15) is 4.98 Å². The van der Waals surface area contributed by atoms with Gasteiger partial charge in [-0.15, -0.1) is 5.10 Å². The molecule has 0 aliphatic carbocycles. The van der Waals surface area contributed by atoms with Gasteiger partial charge in [-0.1, -0.05) is 23.2 Å². The van der Waals surface area contributed by atoms with E-state index in [-0.39, 0.29) is 11.9 Å². The summed E-state index contributed by atoms with van der Waals surface area (Å²) in [5, 5.41) is 8.04. The minimum atomic E-state index is -0.400. The number of amides is 1. The van der Waals surface area contributed by atoms with Crippen LogP contribution in [0.4, 0.5) is 10.1 Å². The van der Waals surface area contributed by atoms with Crippen LogP contribution in [0.3, 0.4) is 0 Å². The lowest BCUT2D eigenvalue weighted by atomic mass is 10.2. The summed E-state index contributed by atoms with van der Waals surface area (Å²) in [6.45, 7) is 2.26. The molecular weight excluding hydrogens is 454 g/mol. The Labute approximate surface area is 193 Å². The number of nitrogens with one attached hydrogen (secondary N) is 1. The van der Waals surface area contributed by atoms with E-state index in [1.807, 2.05) is 6.92 Å². The monoisotopic (exact) mass is 470 g/mol. The molecule has 4 rings (SSSR count). The maximum absolute atomic E-state index is 13.1. The first kappa shape index (κ1) is 21.8. The molecule has 6 nitrogen and oxygen atoms in total. The Kier molecular flexibility index (Phi) is 6.39. The lowest BCUT2D eigenvalue weighted by Crippen LogP contribution is -2.11. The number of halogens is 3. The summed E-state index contributed by atoms with van der Waals surface area (Å²) < 4.78 is 20.2. The van der Waals surface area contributed by atoms with Crippen molar-refractivity contribution >= 4 is 34.8 Å². The van der Waals surface area contributed by atoms with Crippen LogP contribution < -0.4 is 10.1 Å². The van der Waals surface area contributed by atoms with Crippen molar-refractivity contribution in [1.29, 1.82) is 0 Å². The first-order chi connectivity index (χ1) is 15.4. The quantitative estimate of drug-likeness (QED) is 0.373. The largest absolute Gasteiger partial charge is 0.463 e. The summed E-state index contributed by atoms with van der Waals surface area (Å²) in [6.07, 6.45) is 0. The summed E-state index contributed by atoms with van der Waals surface area (Å²) >= 11 is 12.2. The van der Waals surface area contributed by atoms with E-state index in [2.05, 4.69) is 15.4 Å². The highest BCUT2D eigenvalue weighted by Crippen LogP contribution is 2.30. The van der Waals surface area contributed by atoms with Crippen LogP contribution in [-0.2, 0) is 0 Å². The number of nitrogens with zero attached hydrogens (tertiary/aromatic N) is 3. The summed E-state index contributed by atoms with van der Waals surface area (Å²) in [6, 6.07) is 17.8. The molecule has 1 N–H and O–H groups in total. The molecule has 0 saturated carbocycles. The highest BCUT2D eigenvalue weighted by molar-refractivity contribution is 6.42. The van der Waals surface area contributed by atoms with Crippen LogP contribution in [0, 0.1) is 5.82 Å². The van der Waals surface area contributed by atoms with Gasteiger partial charge in [-0.25, -0.2) is 9.07 Å². The molecule has 0 aliphatic rings. The zero-order valence-corrected chi connectivity index (χ0v) is 18.4. The van der Waals surface area contributed by atoms with Gasteiger partial charge in [0.2, 0.25) is 0 Å². The van der Waals surface area contributed by atoms with Crippen LogP contribution in [0.25, 0.3) is 17.1 Å². The molecule has 32 heavy (non-hydrogen) atoms. The summed E-state index contributed by atoms with van der Waals surface area (Å²) in [5.41, 5.74) is 2.34. The fourth-order valence-electron chi connectivity index (χ4n) is 2.98.